The van der Waals surface area contributed by atoms with E-state index in [1.165, 1.54) is 12.8 Å². The molecule has 1 atom stereocenters. The van der Waals surface area contributed by atoms with Gasteiger partial charge in [0.2, 0.25) is 0 Å². The molecule has 0 spiro atoms. The molecule has 0 bridgehead atoms. The van der Waals surface area contributed by atoms with Gasteiger partial charge in [0, 0.05) is 25.8 Å². The van der Waals surface area contributed by atoms with E-state index >= 15 is 0 Å². The van der Waals surface area contributed by atoms with Crippen LogP contribution in [0.15, 0.2) is 0 Å². The zero-order chi connectivity index (χ0) is 8.81. The number of rotatable bonds is 4. The fourth-order valence-corrected chi connectivity index (χ4v) is 1.40. The molecular formula is C9H20N2O. The van der Waals surface area contributed by atoms with E-state index < -0.39 is 0 Å². The van der Waals surface area contributed by atoms with Crippen molar-refractivity contribution in [1.29, 1.82) is 0 Å². The van der Waals surface area contributed by atoms with E-state index in [1.54, 1.807) is 0 Å². The second-order valence-electron chi connectivity index (χ2n) is 3.60. The van der Waals surface area contributed by atoms with Gasteiger partial charge in [-0.15, -0.1) is 0 Å². The predicted molar refractivity (Wildman–Crippen MR) is 50.1 cm³/mol. The summed E-state index contributed by atoms with van der Waals surface area (Å²) in [6, 6.07) is 0.452. The van der Waals surface area contributed by atoms with Crippen LogP contribution in [0.1, 0.15) is 19.8 Å². The standard InChI is InChI=1S/C9H20N2O/c1-8(6-10)11-7-9-2-4-12-5-3-9/h8-9,11H,2-7,10H2,1H3/t8-/m1/s1. The van der Waals surface area contributed by atoms with E-state index in [2.05, 4.69) is 12.2 Å². The van der Waals surface area contributed by atoms with Gasteiger partial charge in [0.15, 0.2) is 0 Å². The number of hydrogen-bond acceptors (Lipinski definition) is 3. The lowest BCUT2D eigenvalue weighted by Gasteiger charge is -2.23. The molecule has 0 unspecified atom stereocenters. The van der Waals surface area contributed by atoms with Crippen LogP contribution in [-0.2, 0) is 4.74 Å². The highest BCUT2D eigenvalue weighted by molar-refractivity contribution is 4.69. The van der Waals surface area contributed by atoms with E-state index in [-0.39, 0.29) is 0 Å². The summed E-state index contributed by atoms with van der Waals surface area (Å²) >= 11 is 0. The molecular weight excluding hydrogens is 152 g/mol. The number of ether oxygens (including phenoxy) is 1. The van der Waals surface area contributed by atoms with Gasteiger partial charge in [-0.1, -0.05) is 0 Å². The lowest BCUT2D eigenvalue weighted by atomic mass is 10.0. The molecule has 1 rings (SSSR count). The minimum atomic E-state index is 0.452. The highest BCUT2D eigenvalue weighted by Gasteiger charge is 2.13. The second kappa shape index (κ2) is 5.51. The van der Waals surface area contributed by atoms with Crippen LogP contribution in [0.2, 0.25) is 0 Å². The van der Waals surface area contributed by atoms with E-state index in [0.717, 1.165) is 32.2 Å². The molecule has 12 heavy (non-hydrogen) atoms. The monoisotopic (exact) mass is 172 g/mol. The van der Waals surface area contributed by atoms with Crippen molar-refractivity contribution >= 4 is 0 Å². The minimum absolute atomic E-state index is 0.452. The molecule has 1 aliphatic heterocycles. The molecule has 0 aromatic carbocycles. The van der Waals surface area contributed by atoms with Crippen LogP contribution in [0.3, 0.4) is 0 Å². The van der Waals surface area contributed by atoms with Crippen LogP contribution in [0.25, 0.3) is 0 Å². The molecule has 3 heteroatoms. The average Bonchev–Trinajstić information content (AvgIpc) is 2.16. The van der Waals surface area contributed by atoms with Gasteiger partial charge in [0.25, 0.3) is 0 Å². The van der Waals surface area contributed by atoms with E-state index in [4.69, 9.17) is 10.5 Å². The molecule has 1 fully saturated rings. The quantitative estimate of drug-likeness (QED) is 0.643. The molecule has 72 valence electrons. The molecule has 3 N–H and O–H groups in total. The Kier molecular flexibility index (Phi) is 4.58. The number of nitrogens with one attached hydrogen (secondary N) is 1. The molecule has 0 saturated carbocycles. The maximum absolute atomic E-state index is 5.50. The van der Waals surface area contributed by atoms with Gasteiger partial charge >= 0.3 is 0 Å². The summed E-state index contributed by atoms with van der Waals surface area (Å²) in [5.74, 6) is 0.799. The van der Waals surface area contributed by atoms with Crippen molar-refractivity contribution in [2.24, 2.45) is 11.7 Å². The first-order valence-electron chi connectivity index (χ1n) is 4.84. The Bertz CT molecular complexity index is 113. The Labute approximate surface area is 74.7 Å². The smallest absolute Gasteiger partial charge is 0.0469 e. The predicted octanol–water partition coefficient (Wildman–Crippen LogP) is 0.350. The Balaban J connectivity index is 2.05. The number of hydrogen-bond donors (Lipinski definition) is 2. The van der Waals surface area contributed by atoms with Crippen molar-refractivity contribution in [2.45, 2.75) is 25.8 Å². The normalized spacial score (nSPS) is 22.5. The Hall–Kier alpha value is -0.120. The van der Waals surface area contributed by atoms with Crippen molar-refractivity contribution in [3.05, 3.63) is 0 Å². The Morgan fingerprint density at radius 3 is 2.75 bits per heavy atom. The first-order valence-corrected chi connectivity index (χ1v) is 4.84. The van der Waals surface area contributed by atoms with Crippen molar-refractivity contribution in [1.82, 2.24) is 5.32 Å². The summed E-state index contributed by atoms with van der Waals surface area (Å²) in [7, 11) is 0. The van der Waals surface area contributed by atoms with Gasteiger partial charge in [-0.05, 0) is 32.2 Å². The third-order valence-electron chi connectivity index (χ3n) is 2.45. The van der Waals surface area contributed by atoms with Crippen LogP contribution in [0, 0.1) is 5.92 Å². The summed E-state index contributed by atoms with van der Waals surface area (Å²) in [4.78, 5) is 0. The van der Waals surface area contributed by atoms with Gasteiger partial charge in [-0.3, -0.25) is 0 Å². The summed E-state index contributed by atoms with van der Waals surface area (Å²) in [5, 5.41) is 3.42. The van der Waals surface area contributed by atoms with Crippen LogP contribution in [-0.4, -0.2) is 32.3 Å². The fourth-order valence-electron chi connectivity index (χ4n) is 1.40. The van der Waals surface area contributed by atoms with Gasteiger partial charge in [-0.25, -0.2) is 0 Å². The van der Waals surface area contributed by atoms with Crippen molar-refractivity contribution < 1.29 is 4.74 Å². The number of nitrogens with two attached hydrogens (primary N) is 1. The highest BCUT2D eigenvalue weighted by atomic mass is 16.5. The summed E-state index contributed by atoms with van der Waals surface area (Å²) < 4.78 is 5.28. The highest BCUT2D eigenvalue weighted by Crippen LogP contribution is 2.13. The van der Waals surface area contributed by atoms with Gasteiger partial charge in [0.05, 0.1) is 0 Å². The first-order chi connectivity index (χ1) is 5.83. The van der Waals surface area contributed by atoms with Crippen LogP contribution >= 0.6 is 0 Å². The van der Waals surface area contributed by atoms with Gasteiger partial charge in [0.1, 0.15) is 0 Å². The SMILES string of the molecule is C[C@H](CN)NCC1CCOCC1. The molecule has 0 aliphatic carbocycles. The largest absolute Gasteiger partial charge is 0.381 e. The van der Waals surface area contributed by atoms with Crippen molar-refractivity contribution in [2.75, 3.05) is 26.3 Å². The van der Waals surface area contributed by atoms with E-state index in [1.807, 2.05) is 0 Å². The molecule has 3 nitrogen and oxygen atoms in total. The topological polar surface area (TPSA) is 47.3 Å². The van der Waals surface area contributed by atoms with Crippen LogP contribution < -0.4 is 11.1 Å². The lowest BCUT2D eigenvalue weighted by Crippen LogP contribution is -2.37. The molecule has 0 amide bonds. The molecule has 1 saturated heterocycles. The van der Waals surface area contributed by atoms with Gasteiger partial charge < -0.3 is 15.8 Å². The minimum Gasteiger partial charge on any atom is -0.381 e. The van der Waals surface area contributed by atoms with Crippen LogP contribution in [0.4, 0.5) is 0 Å². The fraction of sp³-hybridized carbons (Fsp3) is 1.00. The zero-order valence-electron chi connectivity index (χ0n) is 7.88. The third kappa shape index (κ3) is 3.52. The van der Waals surface area contributed by atoms with Crippen LogP contribution in [0.5, 0.6) is 0 Å². The maximum Gasteiger partial charge on any atom is 0.0469 e. The first kappa shape index (κ1) is 9.96. The van der Waals surface area contributed by atoms with E-state index in [0.29, 0.717) is 6.04 Å². The average molecular weight is 172 g/mol. The molecule has 0 aromatic rings. The molecule has 0 radical (unpaired) electrons. The zero-order valence-corrected chi connectivity index (χ0v) is 7.88. The Morgan fingerprint density at radius 1 is 1.50 bits per heavy atom. The van der Waals surface area contributed by atoms with Gasteiger partial charge in [-0.2, -0.15) is 0 Å². The van der Waals surface area contributed by atoms with Crippen molar-refractivity contribution in [3.63, 3.8) is 0 Å². The Morgan fingerprint density at radius 2 is 2.17 bits per heavy atom. The maximum atomic E-state index is 5.50. The summed E-state index contributed by atoms with van der Waals surface area (Å²) in [5.41, 5.74) is 5.50. The lowest BCUT2D eigenvalue weighted by molar-refractivity contribution is 0.0657. The molecule has 1 heterocycles. The summed E-state index contributed by atoms with van der Waals surface area (Å²) in [6.07, 6.45) is 2.40. The molecule has 1 aliphatic rings. The second-order valence-corrected chi connectivity index (χ2v) is 3.60. The van der Waals surface area contributed by atoms with E-state index in [9.17, 15) is 0 Å². The summed E-state index contributed by atoms with van der Waals surface area (Å²) in [6.45, 7) is 5.82. The molecule has 0 aromatic heterocycles. The third-order valence-corrected chi connectivity index (χ3v) is 2.45. The van der Waals surface area contributed by atoms with Crippen molar-refractivity contribution in [3.8, 4) is 0 Å².